The topological polar surface area (TPSA) is 50.6 Å². The van der Waals surface area contributed by atoms with Crippen molar-refractivity contribution in [1.29, 1.82) is 0 Å². The molecule has 0 saturated carbocycles. The second-order valence-electron chi connectivity index (χ2n) is 5.05. The van der Waals surface area contributed by atoms with Crippen LogP contribution in [0.15, 0.2) is 48.7 Å². The first kappa shape index (κ1) is 15.6. The Bertz CT molecular complexity index is 911. The standard InChI is InChI=1S/C17H12Cl2N2O2/c1-10-9-11-5-2-3-8-21(11)15(10)16(22)17(23)20-14-12(18)6-4-7-13(14)19/h2-9H,1H3,(H,20,23). The number of aromatic nitrogens is 1. The summed E-state index contributed by atoms with van der Waals surface area (Å²) in [5.74, 6) is -1.43. The van der Waals surface area contributed by atoms with Gasteiger partial charge in [0.15, 0.2) is 0 Å². The number of pyridine rings is 1. The van der Waals surface area contributed by atoms with Gasteiger partial charge in [0, 0.05) is 11.7 Å². The van der Waals surface area contributed by atoms with Gasteiger partial charge in [-0.1, -0.05) is 35.3 Å². The summed E-state index contributed by atoms with van der Waals surface area (Å²) in [6, 6.07) is 12.2. The number of Topliss-reactive ketones (excluding diaryl/α,β-unsaturated/α-hetero) is 1. The highest BCUT2D eigenvalue weighted by atomic mass is 35.5. The fourth-order valence-corrected chi connectivity index (χ4v) is 2.93. The maximum absolute atomic E-state index is 12.5. The number of nitrogens with zero attached hydrogens (tertiary/aromatic N) is 1. The molecule has 0 aliphatic heterocycles. The number of ketones is 1. The van der Waals surface area contributed by atoms with Gasteiger partial charge in [0.1, 0.15) is 5.69 Å². The van der Waals surface area contributed by atoms with Crippen LogP contribution in [-0.4, -0.2) is 16.1 Å². The Kier molecular flexibility index (Phi) is 4.11. The third kappa shape index (κ3) is 2.83. The van der Waals surface area contributed by atoms with Crippen LogP contribution in [0, 0.1) is 6.92 Å². The van der Waals surface area contributed by atoms with E-state index in [-0.39, 0.29) is 15.7 Å². The average Bonchev–Trinajstić information content (AvgIpc) is 2.86. The molecule has 0 radical (unpaired) electrons. The lowest BCUT2D eigenvalue weighted by atomic mass is 10.2. The molecule has 0 aliphatic carbocycles. The minimum atomic E-state index is -0.785. The van der Waals surface area contributed by atoms with Gasteiger partial charge in [-0.15, -0.1) is 0 Å². The number of carbonyl (C=O) groups is 2. The van der Waals surface area contributed by atoms with Crippen molar-refractivity contribution in [2.24, 2.45) is 0 Å². The molecule has 0 unspecified atom stereocenters. The summed E-state index contributed by atoms with van der Waals surface area (Å²) in [5, 5.41) is 3.04. The maximum atomic E-state index is 12.5. The van der Waals surface area contributed by atoms with E-state index in [0.717, 1.165) is 11.1 Å². The van der Waals surface area contributed by atoms with E-state index in [9.17, 15) is 9.59 Å². The van der Waals surface area contributed by atoms with Crippen LogP contribution in [-0.2, 0) is 4.79 Å². The predicted octanol–water partition coefficient (Wildman–Crippen LogP) is 4.38. The number of benzene rings is 1. The van der Waals surface area contributed by atoms with E-state index in [0.29, 0.717) is 5.69 Å². The SMILES string of the molecule is Cc1cc2ccccn2c1C(=O)C(=O)Nc1c(Cl)cccc1Cl. The van der Waals surface area contributed by atoms with Gasteiger partial charge >= 0.3 is 0 Å². The molecule has 1 N–H and O–H groups in total. The summed E-state index contributed by atoms with van der Waals surface area (Å²) < 4.78 is 1.69. The number of hydrogen-bond acceptors (Lipinski definition) is 2. The highest BCUT2D eigenvalue weighted by Crippen LogP contribution is 2.30. The zero-order chi connectivity index (χ0) is 16.6. The predicted molar refractivity (Wildman–Crippen MR) is 91.6 cm³/mol. The summed E-state index contributed by atoms with van der Waals surface area (Å²) in [6.45, 7) is 1.79. The van der Waals surface area contributed by atoms with Crippen LogP contribution in [0.2, 0.25) is 10.0 Å². The van der Waals surface area contributed by atoms with Crippen LogP contribution in [0.3, 0.4) is 0 Å². The molecule has 0 saturated heterocycles. The monoisotopic (exact) mass is 346 g/mol. The average molecular weight is 347 g/mol. The van der Waals surface area contributed by atoms with Gasteiger partial charge in [-0.25, -0.2) is 0 Å². The first-order valence-corrected chi connectivity index (χ1v) is 7.61. The number of carbonyl (C=O) groups excluding carboxylic acids is 2. The zero-order valence-corrected chi connectivity index (χ0v) is 13.7. The molecular weight excluding hydrogens is 335 g/mol. The largest absolute Gasteiger partial charge is 0.316 e. The lowest BCUT2D eigenvalue weighted by Crippen LogP contribution is -2.25. The molecular formula is C17H12Cl2N2O2. The Labute approximate surface area is 142 Å². The van der Waals surface area contributed by atoms with Gasteiger partial charge in [-0.3, -0.25) is 9.59 Å². The summed E-state index contributed by atoms with van der Waals surface area (Å²) in [4.78, 5) is 24.9. The first-order valence-electron chi connectivity index (χ1n) is 6.85. The van der Waals surface area contributed by atoms with Crippen LogP contribution in [0.1, 0.15) is 16.1 Å². The van der Waals surface area contributed by atoms with E-state index in [4.69, 9.17) is 23.2 Å². The first-order chi connectivity index (χ1) is 11.0. The molecule has 1 amide bonds. The molecule has 0 bridgehead atoms. The van der Waals surface area contributed by atoms with Crippen molar-refractivity contribution < 1.29 is 9.59 Å². The number of halogens is 2. The van der Waals surface area contributed by atoms with Crippen molar-refractivity contribution in [3.8, 4) is 0 Å². The number of rotatable bonds is 3. The lowest BCUT2D eigenvalue weighted by molar-refractivity contribution is -0.112. The van der Waals surface area contributed by atoms with E-state index >= 15 is 0 Å². The maximum Gasteiger partial charge on any atom is 0.298 e. The van der Waals surface area contributed by atoms with Crippen LogP contribution in [0.5, 0.6) is 0 Å². The van der Waals surface area contributed by atoms with Crippen molar-refractivity contribution >= 4 is 46.1 Å². The molecule has 2 heterocycles. The molecule has 0 atom stereocenters. The van der Waals surface area contributed by atoms with Crippen molar-refractivity contribution in [1.82, 2.24) is 4.40 Å². The fourth-order valence-electron chi connectivity index (χ4n) is 2.44. The normalized spacial score (nSPS) is 10.7. The Morgan fingerprint density at radius 3 is 2.43 bits per heavy atom. The van der Waals surface area contributed by atoms with Crippen LogP contribution in [0.25, 0.3) is 5.52 Å². The molecule has 0 aliphatic rings. The Hall–Kier alpha value is -2.30. The summed E-state index contributed by atoms with van der Waals surface area (Å²) in [6.07, 6.45) is 1.74. The molecule has 3 rings (SSSR count). The lowest BCUT2D eigenvalue weighted by Gasteiger charge is -2.09. The quantitative estimate of drug-likeness (QED) is 0.565. The summed E-state index contributed by atoms with van der Waals surface area (Å²) in [7, 11) is 0. The number of fused-ring (bicyclic) bond motifs is 1. The third-order valence-corrected chi connectivity index (χ3v) is 4.12. The van der Waals surface area contributed by atoms with Gasteiger partial charge in [0.25, 0.3) is 11.7 Å². The van der Waals surface area contributed by atoms with Gasteiger partial charge in [0.05, 0.1) is 15.7 Å². The molecule has 0 fully saturated rings. The van der Waals surface area contributed by atoms with Gasteiger partial charge in [0.2, 0.25) is 0 Å². The molecule has 4 nitrogen and oxygen atoms in total. The second-order valence-corrected chi connectivity index (χ2v) is 5.87. The molecule has 6 heteroatoms. The number of hydrogen-bond donors (Lipinski definition) is 1. The highest BCUT2D eigenvalue weighted by Gasteiger charge is 2.23. The van der Waals surface area contributed by atoms with E-state index in [1.165, 1.54) is 0 Å². The molecule has 3 aromatic rings. The van der Waals surface area contributed by atoms with Gasteiger partial charge < -0.3 is 9.72 Å². The smallest absolute Gasteiger partial charge is 0.298 e. The number of para-hydroxylation sites is 1. The van der Waals surface area contributed by atoms with Crippen LogP contribution < -0.4 is 5.32 Å². The van der Waals surface area contributed by atoms with E-state index in [1.54, 1.807) is 41.8 Å². The zero-order valence-electron chi connectivity index (χ0n) is 12.1. The summed E-state index contributed by atoms with van der Waals surface area (Å²) in [5.41, 5.74) is 2.12. The van der Waals surface area contributed by atoms with Crippen molar-refractivity contribution in [2.45, 2.75) is 6.92 Å². The Balaban J connectivity index is 1.96. The van der Waals surface area contributed by atoms with Crippen molar-refractivity contribution in [3.05, 3.63) is 70.0 Å². The molecule has 1 aromatic carbocycles. The van der Waals surface area contributed by atoms with E-state index in [1.807, 2.05) is 18.2 Å². The third-order valence-electron chi connectivity index (χ3n) is 3.49. The van der Waals surface area contributed by atoms with Crippen molar-refractivity contribution in [2.75, 3.05) is 5.32 Å². The molecule has 116 valence electrons. The summed E-state index contributed by atoms with van der Waals surface area (Å²) >= 11 is 12.0. The minimum Gasteiger partial charge on any atom is -0.316 e. The van der Waals surface area contributed by atoms with Crippen LogP contribution in [0.4, 0.5) is 5.69 Å². The second kappa shape index (κ2) is 6.07. The molecule has 23 heavy (non-hydrogen) atoms. The number of anilines is 1. The van der Waals surface area contributed by atoms with Crippen LogP contribution >= 0.6 is 23.2 Å². The Morgan fingerprint density at radius 2 is 1.74 bits per heavy atom. The van der Waals surface area contributed by atoms with E-state index < -0.39 is 11.7 Å². The minimum absolute atomic E-state index is 0.229. The van der Waals surface area contributed by atoms with Crippen molar-refractivity contribution in [3.63, 3.8) is 0 Å². The van der Waals surface area contributed by atoms with Gasteiger partial charge in [-0.05, 0) is 42.8 Å². The van der Waals surface area contributed by atoms with Gasteiger partial charge in [-0.2, -0.15) is 0 Å². The molecule has 0 spiro atoms. The highest BCUT2D eigenvalue weighted by molar-refractivity contribution is 6.48. The van der Waals surface area contributed by atoms with E-state index in [2.05, 4.69) is 5.32 Å². The number of amides is 1. The Morgan fingerprint density at radius 1 is 1.04 bits per heavy atom. The fraction of sp³-hybridized carbons (Fsp3) is 0.0588. The molecule has 2 aromatic heterocycles. The number of aryl methyl sites for hydroxylation is 1. The number of nitrogens with one attached hydrogen (secondary N) is 1.